The number of hydrogen-bond acceptors (Lipinski definition) is 6. The highest BCUT2D eigenvalue weighted by Crippen LogP contribution is 2.22. The summed E-state index contributed by atoms with van der Waals surface area (Å²) in [4.78, 5) is 12.9. The molecule has 10 heteroatoms. The van der Waals surface area contributed by atoms with Crippen LogP contribution in [-0.2, 0) is 24.7 Å². The second kappa shape index (κ2) is 9.69. The van der Waals surface area contributed by atoms with Crippen molar-refractivity contribution in [1.29, 1.82) is 0 Å². The van der Waals surface area contributed by atoms with Gasteiger partial charge in [-0.15, -0.1) is 0 Å². The first-order valence-electron chi connectivity index (χ1n) is 9.64. The lowest BCUT2D eigenvalue weighted by atomic mass is 10.1. The molecule has 1 amide bonds. The summed E-state index contributed by atoms with van der Waals surface area (Å²) in [6.45, 7) is 3.62. The Kier molecular flexibility index (Phi) is 7.72. The second-order valence-electron chi connectivity index (χ2n) is 7.31. The van der Waals surface area contributed by atoms with Gasteiger partial charge in [0.15, 0.2) is 15.9 Å². The average Bonchev–Trinajstić information content (AvgIpc) is 2.70. The van der Waals surface area contributed by atoms with Crippen molar-refractivity contribution in [3.05, 3.63) is 54.1 Å². The van der Waals surface area contributed by atoms with E-state index in [1.54, 1.807) is 43.3 Å². The van der Waals surface area contributed by atoms with E-state index in [1.165, 1.54) is 19.2 Å². The summed E-state index contributed by atoms with van der Waals surface area (Å²) in [7, 11) is -5.19. The Morgan fingerprint density at radius 2 is 1.55 bits per heavy atom. The standard InChI is InChI=1S/C21H28N2O6S2/c1-6-20(29-18-11-9-17(10-12-18)23(3)31(5,27)28)21(24)22-15(2)16-7-13-19(14-8-16)30(4,25)26/h7-15,20H,6H2,1-5H3,(H,22,24)/t15-,20-/m1/s1. The topological polar surface area (TPSA) is 110 Å². The Labute approximate surface area is 184 Å². The molecule has 31 heavy (non-hydrogen) atoms. The number of rotatable bonds is 9. The van der Waals surface area contributed by atoms with Crippen molar-refractivity contribution in [2.45, 2.75) is 37.3 Å². The molecular weight excluding hydrogens is 440 g/mol. The highest BCUT2D eigenvalue weighted by atomic mass is 32.2. The molecule has 0 saturated carbocycles. The molecule has 8 nitrogen and oxygen atoms in total. The van der Waals surface area contributed by atoms with Gasteiger partial charge < -0.3 is 10.1 Å². The first-order chi connectivity index (χ1) is 14.3. The molecule has 1 N–H and O–H groups in total. The van der Waals surface area contributed by atoms with Crippen molar-refractivity contribution < 1.29 is 26.4 Å². The lowest BCUT2D eigenvalue weighted by Gasteiger charge is -2.21. The Hall–Kier alpha value is -2.59. The van der Waals surface area contributed by atoms with Gasteiger partial charge >= 0.3 is 0 Å². The van der Waals surface area contributed by atoms with Crippen LogP contribution in [0.3, 0.4) is 0 Å². The van der Waals surface area contributed by atoms with Crippen molar-refractivity contribution >= 4 is 31.5 Å². The summed E-state index contributed by atoms with van der Waals surface area (Å²) in [5.74, 6) is 0.136. The van der Waals surface area contributed by atoms with Crippen LogP contribution in [0.2, 0.25) is 0 Å². The first-order valence-corrected chi connectivity index (χ1v) is 13.4. The van der Waals surface area contributed by atoms with Crippen LogP contribution < -0.4 is 14.4 Å². The maximum Gasteiger partial charge on any atom is 0.261 e. The quantitative estimate of drug-likeness (QED) is 0.606. The normalized spacial score (nSPS) is 13.8. The van der Waals surface area contributed by atoms with Gasteiger partial charge in [-0.2, -0.15) is 0 Å². The molecule has 0 spiro atoms. The zero-order chi connectivity index (χ0) is 23.4. The molecule has 2 aromatic carbocycles. The molecule has 2 rings (SSSR count). The number of carbonyl (C=O) groups is 1. The van der Waals surface area contributed by atoms with Gasteiger partial charge in [-0.3, -0.25) is 9.10 Å². The predicted molar refractivity (Wildman–Crippen MR) is 121 cm³/mol. The van der Waals surface area contributed by atoms with Crippen LogP contribution in [0.4, 0.5) is 5.69 Å². The molecule has 0 aliphatic heterocycles. The minimum atomic E-state index is -3.37. The summed E-state index contributed by atoms with van der Waals surface area (Å²) < 4.78 is 53.4. The van der Waals surface area contributed by atoms with Crippen LogP contribution in [0.5, 0.6) is 5.75 Å². The molecule has 0 saturated heterocycles. The van der Waals surface area contributed by atoms with Crippen molar-refractivity contribution in [3.8, 4) is 5.75 Å². The number of benzene rings is 2. The molecule has 0 aliphatic rings. The monoisotopic (exact) mass is 468 g/mol. The highest BCUT2D eigenvalue weighted by molar-refractivity contribution is 7.92. The van der Waals surface area contributed by atoms with Gasteiger partial charge in [-0.1, -0.05) is 19.1 Å². The van der Waals surface area contributed by atoms with Gasteiger partial charge in [0.2, 0.25) is 10.0 Å². The number of carbonyl (C=O) groups excluding carboxylic acids is 1. The molecule has 0 fully saturated rings. The van der Waals surface area contributed by atoms with Crippen molar-refractivity contribution in [1.82, 2.24) is 5.32 Å². The Morgan fingerprint density at radius 3 is 2.00 bits per heavy atom. The molecule has 2 atom stereocenters. The van der Waals surface area contributed by atoms with Crippen LogP contribution in [-0.4, -0.2) is 48.4 Å². The largest absolute Gasteiger partial charge is 0.481 e. The number of hydrogen-bond donors (Lipinski definition) is 1. The highest BCUT2D eigenvalue weighted by Gasteiger charge is 2.21. The number of nitrogens with zero attached hydrogens (tertiary/aromatic N) is 1. The molecule has 0 aliphatic carbocycles. The van der Waals surface area contributed by atoms with Gasteiger partial charge in [0, 0.05) is 13.3 Å². The third kappa shape index (κ3) is 6.70. The number of sulfone groups is 1. The lowest BCUT2D eigenvalue weighted by Crippen LogP contribution is -2.39. The molecule has 0 heterocycles. The minimum absolute atomic E-state index is 0.217. The molecule has 170 valence electrons. The fourth-order valence-corrected chi connectivity index (χ4v) is 3.94. The zero-order valence-corrected chi connectivity index (χ0v) is 19.8. The van der Waals surface area contributed by atoms with Crippen molar-refractivity contribution in [2.24, 2.45) is 0 Å². The number of sulfonamides is 1. The van der Waals surface area contributed by atoms with Gasteiger partial charge in [-0.25, -0.2) is 16.8 Å². The number of amides is 1. The van der Waals surface area contributed by atoms with E-state index in [9.17, 15) is 21.6 Å². The van der Waals surface area contributed by atoms with Gasteiger partial charge in [0.25, 0.3) is 5.91 Å². The summed E-state index contributed by atoms with van der Waals surface area (Å²) in [6.07, 6.45) is 1.94. The predicted octanol–water partition coefficient (Wildman–Crippen LogP) is 2.52. The van der Waals surface area contributed by atoms with E-state index in [2.05, 4.69) is 5.32 Å². The minimum Gasteiger partial charge on any atom is -0.481 e. The van der Waals surface area contributed by atoms with Crippen molar-refractivity contribution in [3.63, 3.8) is 0 Å². The van der Waals surface area contributed by atoms with E-state index in [-0.39, 0.29) is 16.8 Å². The summed E-state index contributed by atoms with van der Waals surface area (Å²) in [6, 6.07) is 12.4. The molecule has 0 aromatic heterocycles. The van der Waals surface area contributed by atoms with E-state index >= 15 is 0 Å². The van der Waals surface area contributed by atoms with Crippen LogP contribution in [0.25, 0.3) is 0 Å². The molecular formula is C21H28N2O6S2. The molecule has 0 unspecified atom stereocenters. The van der Waals surface area contributed by atoms with E-state index in [4.69, 9.17) is 4.74 Å². The van der Waals surface area contributed by atoms with E-state index in [0.717, 1.165) is 22.4 Å². The fraction of sp³-hybridized carbons (Fsp3) is 0.381. The van der Waals surface area contributed by atoms with Crippen LogP contribution in [0.1, 0.15) is 31.9 Å². The second-order valence-corrected chi connectivity index (χ2v) is 11.3. The number of nitrogens with one attached hydrogen (secondary N) is 1. The van der Waals surface area contributed by atoms with E-state index in [0.29, 0.717) is 17.9 Å². The summed E-state index contributed by atoms with van der Waals surface area (Å²) in [5, 5.41) is 2.87. The summed E-state index contributed by atoms with van der Waals surface area (Å²) in [5.41, 5.74) is 1.25. The molecule has 0 bridgehead atoms. The number of ether oxygens (including phenoxy) is 1. The van der Waals surface area contributed by atoms with Gasteiger partial charge in [0.1, 0.15) is 5.75 Å². The number of anilines is 1. The van der Waals surface area contributed by atoms with Crippen molar-refractivity contribution in [2.75, 3.05) is 23.9 Å². The SMILES string of the molecule is CC[C@@H](Oc1ccc(N(C)S(C)(=O)=O)cc1)C(=O)N[C@H](C)c1ccc(S(C)(=O)=O)cc1. The average molecular weight is 469 g/mol. The lowest BCUT2D eigenvalue weighted by molar-refractivity contribution is -0.128. The smallest absolute Gasteiger partial charge is 0.261 e. The Bertz CT molecular complexity index is 1110. The van der Waals surface area contributed by atoms with Crippen LogP contribution in [0.15, 0.2) is 53.4 Å². The molecule has 2 aromatic rings. The first kappa shape index (κ1) is 24.7. The van der Waals surface area contributed by atoms with Crippen LogP contribution in [0, 0.1) is 0 Å². The Balaban J connectivity index is 2.04. The third-order valence-corrected chi connectivity index (χ3v) is 7.14. The maximum absolute atomic E-state index is 12.7. The maximum atomic E-state index is 12.7. The van der Waals surface area contributed by atoms with Gasteiger partial charge in [-0.05, 0) is 55.3 Å². The third-order valence-electron chi connectivity index (χ3n) is 4.81. The zero-order valence-electron chi connectivity index (χ0n) is 18.2. The van der Waals surface area contributed by atoms with Gasteiger partial charge in [0.05, 0.1) is 22.9 Å². The Morgan fingerprint density at radius 1 is 1.00 bits per heavy atom. The van der Waals surface area contributed by atoms with E-state index < -0.39 is 26.0 Å². The van der Waals surface area contributed by atoms with E-state index in [1.807, 2.05) is 6.92 Å². The van der Waals surface area contributed by atoms with Crippen LogP contribution >= 0.6 is 0 Å². The summed E-state index contributed by atoms with van der Waals surface area (Å²) >= 11 is 0. The fourth-order valence-electron chi connectivity index (χ4n) is 2.81. The molecule has 0 radical (unpaired) electrons.